The third-order valence-electron chi connectivity index (χ3n) is 3.65. The van der Waals surface area contributed by atoms with Gasteiger partial charge in [-0.05, 0) is 39.8 Å². The number of carbonyl (C=O) groups excluding carboxylic acids is 1. The van der Waals surface area contributed by atoms with Gasteiger partial charge in [-0.15, -0.1) is 0 Å². The van der Waals surface area contributed by atoms with Gasteiger partial charge in [0, 0.05) is 0 Å². The molecule has 142 valence electrons. The zero-order chi connectivity index (χ0) is 19.5. The number of hydrogen-bond acceptors (Lipinski definition) is 7. The van der Waals surface area contributed by atoms with Gasteiger partial charge in [-0.2, -0.15) is 8.42 Å². The minimum absolute atomic E-state index is 0.0142. The lowest BCUT2D eigenvalue weighted by Crippen LogP contribution is -2.36. The summed E-state index contributed by atoms with van der Waals surface area (Å²) < 4.78 is 35.5. The number of likely N-dealkylation sites (tertiary alicyclic amines) is 1. The first-order valence-electron chi connectivity index (χ1n) is 8.06. The van der Waals surface area contributed by atoms with Crippen LogP contribution in [-0.4, -0.2) is 50.2 Å². The number of benzene rings is 1. The molecule has 1 heterocycles. The monoisotopic (exact) mass is 383 g/mol. The molecule has 1 aliphatic rings. The van der Waals surface area contributed by atoms with Gasteiger partial charge in [0.05, 0.1) is 18.0 Å². The SMILES string of the molecule is Cc1ccc(S(=O)(=O)O[C@H]2CN(C(=O)OC(C)(C)C)C[C@@H]2N=[N+]=N)cc1. The van der Waals surface area contributed by atoms with Crippen molar-refractivity contribution in [2.24, 2.45) is 5.11 Å². The van der Waals surface area contributed by atoms with Crippen LogP contribution in [0.5, 0.6) is 0 Å². The number of ether oxygens (including phenoxy) is 1. The first kappa shape index (κ1) is 20.0. The zero-order valence-corrected chi connectivity index (χ0v) is 16.0. The van der Waals surface area contributed by atoms with E-state index < -0.39 is 34.0 Å². The molecule has 2 rings (SSSR count). The van der Waals surface area contributed by atoms with Gasteiger partial charge in [0.2, 0.25) is 4.91 Å². The molecule has 0 spiro atoms. The van der Waals surface area contributed by atoms with Crippen LogP contribution in [0.4, 0.5) is 4.79 Å². The minimum Gasteiger partial charge on any atom is -0.444 e. The van der Waals surface area contributed by atoms with E-state index in [1.54, 1.807) is 32.9 Å². The van der Waals surface area contributed by atoms with Gasteiger partial charge in [-0.1, -0.05) is 17.7 Å². The van der Waals surface area contributed by atoms with Gasteiger partial charge in [0.15, 0.2) is 6.04 Å². The lowest BCUT2D eigenvalue weighted by Gasteiger charge is -2.24. The Hall–Kier alpha value is -2.29. The molecule has 0 aliphatic carbocycles. The smallest absolute Gasteiger partial charge is 0.410 e. The Morgan fingerprint density at radius 1 is 1.27 bits per heavy atom. The van der Waals surface area contributed by atoms with Crippen LogP contribution in [0.1, 0.15) is 26.3 Å². The van der Waals surface area contributed by atoms with E-state index >= 15 is 0 Å². The standard InChI is InChI=1S/C16H23N4O5S/c1-11-5-7-12(8-6-11)26(22,23)25-14-10-20(9-13(14)18-19-17)15(21)24-16(2,3)4/h5-8,13-14,17H,9-10H2,1-4H3/q+1/t13-,14-/m0/s1. The summed E-state index contributed by atoms with van der Waals surface area (Å²) in [6.07, 6.45) is -1.54. The van der Waals surface area contributed by atoms with Crippen molar-refractivity contribution in [3.63, 3.8) is 0 Å². The molecule has 9 nitrogen and oxygen atoms in total. The quantitative estimate of drug-likeness (QED) is 0.485. The average Bonchev–Trinajstić information content (AvgIpc) is 2.89. The van der Waals surface area contributed by atoms with Crippen LogP contribution in [0.2, 0.25) is 0 Å². The number of aryl methyl sites for hydroxylation is 1. The van der Waals surface area contributed by atoms with E-state index in [0.717, 1.165) is 5.56 Å². The molecule has 1 amide bonds. The molecule has 0 bridgehead atoms. The van der Waals surface area contributed by atoms with E-state index in [9.17, 15) is 13.2 Å². The Kier molecular flexibility index (Phi) is 5.80. The van der Waals surface area contributed by atoms with Crippen LogP contribution in [-0.2, 0) is 19.0 Å². The van der Waals surface area contributed by atoms with Crippen molar-refractivity contribution in [3.05, 3.63) is 29.8 Å². The van der Waals surface area contributed by atoms with Gasteiger partial charge in [0.25, 0.3) is 10.1 Å². The molecule has 2 atom stereocenters. The van der Waals surface area contributed by atoms with Gasteiger partial charge in [-0.3, -0.25) is 4.18 Å². The first-order chi connectivity index (χ1) is 12.0. The fourth-order valence-electron chi connectivity index (χ4n) is 2.44. The lowest BCUT2D eigenvalue weighted by molar-refractivity contribution is 0.0276. The third kappa shape index (κ3) is 5.10. The first-order valence-corrected chi connectivity index (χ1v) is 9.47. The van der Waals surface area contributed by atoms with Crippen molar-refractivity contribution >= 4 is 16.2 Å². The Bertz CT molecular complexity index is 810. The maximum Gasteiger partial charge on any atom is 0.410 e. The minimum atomic E-state index is -4.04. The van der Waals surface area contributed by atoms with E-state index in [1.807, 2.05) is 6.92 Å². The fourth-order valence-corrected chi connectivity index (χ4v) is 3.53. The number of nitrogens with one attached hydrogen (secondary N) is 1. The Morgan fingerprint density at radius 3 is 2.42 bits per heavy atom. The third-order valence-corrected chi connectivity index (χ3v) is 5.00. The van der Waals surface area contributed by atoms with Crippen LogP contribution in [0, 0.1) is 12.5 Å². The highest BCUT2D eigenvalue weighted by molar-refractivity contribution is 7.86. The molecule has 0 aromatic heterocycles. The largest absolute Gasteiger partial charge is 0.444 e. The van der Waals surface area contributed by atoms with Crippen molar-refractivity contribution in [2.75, 3.05) is 13.1 Å². The second kappa shape index (κ2) is 7.53. The number of nitrogens with zero attached hydrogens (tertiary/aromatic N) is 3. The summed E-state index contributed by atoms with van der Waals surface area (Å²) in [7, 11) is -4.04. The van der Waals surface area contributed by atoms with E-state index in [4.69, 9.17) is 14.5 Å². The number of rotatable bonds is 4. The molecule has 0 saturated carbocycles. The molecule has 10 heteroatoms. The number of hydrogen-bond donors (Lipinski definition) is 1. The summed E-state index contributed by atoms with van der Waals surface area (Å²) in [5, 5.41) is 3.68. The van der Waals surface area contributed by atoms with E-state index in [-0.39, 0.29) is 18.0 Å². The van der Waals surface area contributed by atoms with E-state index in [2.05, 4.69) is 10.0 Å². The normalized spacial score (nSPS) is 20.5. The van der Waals surface area contributed by atoms with Crippen molar-refractivity contribution < 1.29 is 22.1 Å². The lowest BCUT2D eigenvalue weighted by atomic mass is 10.2. The molecular weight excluding hydrogens is 360 g/mol. The number of amides is 1. The molecule has 1 aliphatic heterocycles. The van der Waals surface area contributed by atoms with Crippen molar-refractivity contribution in [1.29, 1.82) is 5.53 Å². The average molecular weight is 383 g/mol. The molecule has 1 aromatic carbocycles. The second-order valence-electron chi connectivity index (χ2n) is 7.07. The molecule has 1 fully saturated rings. The van der Waals surface area contributed by atoms with E-state index in [0.29, 0.717) is 0 Å². The Balaban J connectivity index is 2.17. The highest BCUT2D eigenvalue weighted by Crippen LogP contribution is 2.24. The van der Waals surface area contributed by atoms with Crippen LogP contribution in [0.3, 0.4) is 0 Å². The Morgan fingerprint density at radius 2 is 1.88 bits per heavy atom. The van der Waals surface area contributed by atoms with Crippen LogP contribution >= 0.6 is 0 Å². The molecule has 1 aromatic rings. The summed E-state index contributed by atoms with van der Waals surface area (Å²) in [5.41, 5.74) is 7.15. The molecule has 0 radical (unpaired) electrons. The van der Waals surface area contributed by atoms with Gasteiger partial charge >= 0.3 is 6.09 Å². The second-order valence-corrected chi connectivity index (χ2v) is 8.64. The summed E-state index contributed by atoms with van der Waals surface area (Å²) in [4.78, 5) is 16.5. The predicted octanol–water partition coefficient (Wildman–Crippen LogP) is 2.24. The molecule has 0 unspecified atom stereocenters. The zero-order valence-electron chi connectivity index (χ0n) is 15.2. The van der Waals surface area contributed by atoms with Gasteiger partial charge in [0.1, 0.15) is 22.4 Å². The van der Waals surface area contributed by atoms with E-state index in [1.165, 1.54) is 17.0 Å². The molecule has 1 N–H and O–H groups in total. The summed E-state index contributed by atoms with van der Waals surface area (Å²) in [5.74, 6) is 0. The Labute approximate surface area is 152 Å². The topological polar surface area (TPSA) is 123 Å². The highest BCUT2D eigenvalue weighted by Gasteiger charge is 2.43. The maximum atomic E-state index is 12.5. The fraction of sp³-hybridized carbons (Fsp3) is 0.562. The van der Waals surface area contributed by atoms with Crippen LogP contribution in [0.25, 0.3) is 0 Å². The van der Waals surface area contributed by atoms with Crippen molar-refractivity contribution in [2.45, 2.75) is 50.3 Å². The van der Waals surface area contributed by atoms with Gasteiger partial charge < -0.3 is 9.64 Å². The summed E-state index contributed by atoms with van der Waals surface area (Å²) in [6, 6.07) is 5.47. The number of carbonyl (C=O) groups is 1. The molecular formula is C16H23N4O5S+. The van der Waals surface area contributed by atoms with Crippen LogP contribution < -0.4 is 4.91 Å². The predicted molar refractivity (Wildman–Crippen MR) is 92.1 cm³/mol. The van der Waals surface area contributed by atoms with Crippen molar-refractivity contribution in [1.82, 2.24) is 9.81 Å². The molecule has 1 saturated heterocycles. The summed E-state index contributed by atoms with van der Waals surface area (Å²) in [6.45, 7) is 7.08. The van der Waals surface area contributed by atoms with Gasteiger partial charge in [-0.25, -0.2) is 4.79 Å². The van der Waals surface area contributed by atoms with Crippen molar-refractivity contribution in [3.8, 4) is 0 Å². The molecule has 26 heavy (non-hydrogen) atoms. The highest BCUT2D eigenvalue weighted by atomic mass is 32.2. The van der Waals surface area contributed by atoms with Crippen LogP contribution in [0.15, 0.2) is 34.3 Å². The summed E-state index contributed by atoms with van der Waals surface area (Å²) >= 11 is 0. The maximum absolute atomic E-state index is 12.5.